The van der Waals surface area contributed by atoms with E-state index in [0.29, 0.717) is 23.3 Å². The van der Waals surface area contributed by atoms with Gasteiger partial charge in [-0.25, -0.2) is 19.2 Å². The van der Waals surface area contributed by atoms with Gasteiger partial charge >= 0.3 is 5.97 Å². The maximum absolute atomic E-state index is 14.3. The first-order chi connectivity index (χ1) is 19.4. The van der Waals surface area contributed by atoms with Crippen LogP contribution in [0.15, 0.2) is 24.3 Å². The molecule has 1 aliphatic heterocycles. The number of hydrogen-bond acceptors (Lipinski definition) is 6. The summed E-state index contributed by atoms with van der Waals surface area (Å²) in [6.45, 7) is 6.07. The molecule has 8 nitrogen and oxygen atoms in total. The Kier molecular flexibility index (Phi) is 7.64. The first kappa shape index (κ1) is 27.0. The standard InChI is InChI=1S/C31H41FN6O2/c1-19-12-14-21(15-13-19)18-38-26-27(33-20(2)22-7-5-8-22)34-29(30(39)40)35-28(26)36-31(38)37-16-4-3-11-25(37)23-9-6-10-24(32)17-23/h6,9-10,17,19-22,25H,3-5,7-8,11-16,18H2,1-2H3,(H,39,40)(H,33,34,35)/t19?,20-,21?,25?/m1/s1. The molecule has 2 aromatic heterocycles. The molecule has 1 aromatic carbocycles. The number of benzene rings is 1. The van der Waals surface area contributed by atoms with Gasteiger partial charge in [0.2, 0.25) is 11.8 Å². The van der Waals surface area contributed by atoms with E-state index in [2.05, 4.69) is 38.6 Å². The summed E-state index contributed by atoms with van der Waals surface area (Å²) < 4.78 is 16.6. The number of nitrogens with zero attached hydrogens (tertiary/aromatic N) is 5. The SMILES string of the molecule is CC1CCC(Cn2c(N3CCCCC3c3cccc(F)c3)nc3nc(C(=O)O)nc(N[C@H](C)C4CCC4)c32)CC1. The second-order valence-corrected chi connectivity index (χ2v) is 12.4. The minimum Gasteiger partial charge on any atom is -0.475 e. The predicted octanol–water partition coefficient (Wildman–Crippen LogP) is 6.82. The van der Waals surface area contributed by atoms with Crippen LogP contribution in [0.1, 0.15) is 100 Å². The highest BCUT2D eigenvalue weighted by Gasteiger charge is 2.33. The van der Waals surface area contributed by atoms with Gasteiger partial charge in [0.15, 0.2) is 11.5 Å². The van der Waals surface area contributed by atoms with E-state index in [0.717, 1.165) is 68.1 Å². The molecule has 0 radical (unpaired) electrons. The number of imidazole rings is 1. The maximum Gasteiger partial charge on any atom is 0.374 e. The number of piperidine rings is 1. The molecular weight excluding hydrogens is 507 g/mol. The van der Waals surface area contributed by atoms with E-state index < -0.39 is 5.97 Å². The minimum absolute atomic E-state index is 0.0106. The van der Waals surface area contributed by atoms with E-state index >= 15 is 0 Å². The van der Waals surface area contributed by atoms with Gasteiger partial charge in [0.1, 0.15) is 11.3 Å². The summed E-state index contributed by atoms with van der Waals surface area (Å²) in [4.78, 5) is 28.4. The molecule has 3 aliphatic rings. The number of aromatic carboxylic acids is 1. The van der Waals surface area contributed by atoms with Crippen LogP contribution in [0.4, 0.5) is 16.2 Å². The third-order valence-corrected chi connectivity index (χ3v) is 9.56. The molecule has 0 spiro atoms. The Morgan fingerprint density at radius 3 is 2.58 bits per heavy atom. The Balaban J connectivity index is 1.48. The lowest BCUT2D eigenvalue weighted by molar-refractivity contribution is 0.0684. The lowest BCUT2D eigenvalue weighted by atomic mass is 9.80. The predicted molar refractivity (Wildman–Crippen MR) is 154 cm³/mol. The number of anilines is 2. The van der Waals surface area contributed by atoms with Gasteiger partial charge in [0.05, 0.1) is 6.04 Å². The van der Waals surface area contributed by atoms with Crippen molar-refractivity contribution in [2.75, 3.05) is 16.8 Å². The summed E-state index contributed by atoms with van der Waals surface area (Å²) >= 11 is 0. The molecule has 0 amide bonds. The van der Waals surface area contributed by atoms with Crippen LogP contribution in [0.5, 0.6) is 0 Å². The number of carboxylic acids is 1. The van der Waals surface area contributed by atoms with Gasteiger partial charge in [0, 0.05) is 19.1 Å². The number of carbonyl (C=O) groups is 1. The lowest BCUT2D eigenvalue weighted by Gasteiger charge is -2.38. The topological polar surface area (TPSA) is 96.2 Å². The highest BCUT2D eigenvalue weighted by atomic mass is 19.1. The average Bonchev–Trinajstić information content (AvgIpc) is 3.27. The zero-order valence-corrected chi connectivity index (χ0v) is 23.7. The van der Waals surface area contributed by atoms with E-state index in [4.69, 9.17) is 4.98 Å². The van der Waals surface area contributed by atoms with Crippen molar-refractivity contribution in [3.05, 3.63) is 41.5 Å². The first-order valence-electron chi connectivity index (χ1n) is 15.2. The number of nitrogens with one attached hydrogen (secondary N) is 1. The number of carboxylic acid groups (broad SMARTS) is 1. The van der Waals surface area contributed by atoms with E-state index in [-0.39, 0.29) is 23.7 Å². The summed E-state index contributed by atoms with van der Waals surface area (Å²) in [6, 6.07) is 7.05. The summed E-state index contributed by atoms with van der Waals surface area (Å²) in [6.07, 6.45) is 11.3. The molecule has 9 heteroatoms. The molecule has 0 bridgehead atoms. The Bertz CT molecular complexity index is 1360. The number of halogens is 1. The molecule has 214 valence electrons. The van der Waals surface area contributed by atoms with Gasteiger partial charge in [0.25, 0.3) is 0 Å². The van der Waals surface area contributed by atoms with Crippen LogP contribution in [0, 0.1) is 23.6 Å². The van der Waals surface area contributed by atoms with Crippen LogP contribution < -0.4 is 10.2 Å². The van der Waals surface area contributed by atoms with Crippen molar-refractivity contribution in [3.8, 4) is 0 Å². The second-order valence-electron chi connectivity index (χ2n) is 12.4. The molecule has 6 rings (SSSR count). The monoisotopic (exact) mass is 548 g/mol. The smallest absolute Gasteiger partial charge is 0.374 e. The van der Waals surface area contributed by atoms with Crippen LogP contribution in [0.25, 0.3) is 11.2 Å². The number of fused-ring (bicyclic) bond motifs is 1. The molecule has 40 heavy (non-hydrogen) atoms. The quantitative estimate of drug-likeness (QED) is 0.319. The van der Waals surface area contributed by atoms with Crippen molar-refractivity contribution in [1.82, 2.24) is 19.5 Å². The van der Waals surface area contributed by atoms with E-state index in [9.17, 15) is 14.3 Å². The minimum atomic E-state index is -1.16. The van der Waals surface area contributed by atoms with Gasteiger partial charge in [-0.15, -0.1) is 0 Å². The second kappa shape index (κ2) is 11.3. The number of rotatable bonds is 8. The number of hydrogen-bond donors (Lipinski definition) is 2. The Morgan fingerprint density at radius 2 is 1.88 bits per heavy atom. The summed E-state index contributed by atoms with van der Waals surface area (Å²) in [5, 5.41) is 13.5. The summed E-state index contributed by atoms with van der Waals surface area (Å²) in [5.74, 6) is 1.52. The molecule has 2 atom stereocenters. The van der Waals surface area contributed by atoms with Gasteiger partial charge in [-0.2, -0.15) is 4.98 Å². The van der Waals surface area contributed by atoms with Gasteiger partial charge in [-0.1, -0.05) is 38.3 Å². The maximum atomic E-state index is 14.3. The molecule has 3 heterocycles. The molecule has 1 unspecified atom stereocenters. The van der Waals surface area contributed by atoms with E-state index in [1.54, 1.807) is 12.1 Å². The molecule has 3 aromatic rings. The third-order valence-electron chi connectivity index (χ3n) is 9.56. The van der Waals surface area contributed by atoms with Gasteiger partial charge < -0.3 is 19.9 Å². The van der Waals surface area contributed by atoms with Crippen LogP contribution in [0.3, 0.4) is 0 Å². The third kappa shape index (κ3) is 5.39. The summed E-state index contributed by atoms with van der Waals surface area (Å²) in [5.41, 5.74) is 2.14. The molecular formula is C31H41FN6O2. The van der Waals surface area contributed by atoms with Crippen molar-refractivity contribution >= 4 is 28.9 Å². The number of aromatic nitrogens is 4. The van der Waals surface area contributed by atoms with E-state index in [1.807, 2.05) is 6.07 Å². The van der Waals surface area contributed by atoms with Crippen molar-refractivity contribution in [3.63, 3.8) is 0 Å². The Morgan fingerprint density at radius 1 is 1.07 bits per heavy atom. The fraction of sp³-hybridized carbons (Fsp3) is 0.613. The fourth-order valence-corrected chi connectivity index (χ4v) is 6.89. The zero-order chi connectivity index (χ0) is 27.8. The molecule has 2 saturated carbocycles. The van der Waals surface area contributed by atoms with Crippen LogP contribution in [-0.2, 0) is 6.54 Å². The van der Waals surface area contributed by atoms with Crippen molar-refractivity contribution in [2.45, 2.75) is 96.7 Å². The van der Waals surface area contributed by atoms with Crippen molar-refractivity contribution in [2.24, 2.45) is 17.8 Å². The molecule has 2 N–H and O–H groups in total. The zero-order valence-electron chi connectivity index (χ0n) is 23.7. The molecule has 3 fully saturated rings. The highest BCUT2D eigenvalue weighted by molar-refractivity contribution is 5.91. The van der Waals surface area contributed by atoms with Crippen LogP contribution in [-0.4, -0.2) is 43.2 Å². The first-order valence-corrected chi connectivity index (χ1v) is 15.2. The Labute approximate surface area is 235 Å². The highest BCUT2D eigenvalue weighted by Crippen LogP contribution is 2.40. The van der Waals surface area contributed by atoms with Crippen molar-refractivity contribution in [1.29, 1.82) is 0 Å². The molecule has 1 saturated heterocycles. The largest absolute Gasteiger partial charge is 0.475 e. The van der Waals surface area contributed by atoms with E-state index in [1.165, 1.54) is 38.2 Å². The van der Waals surface area contributed by atoms with Crippen LogP contribution >= 0.6 is 0 Å². The Hall–Kier alpha value is -3.23. The van der Waals surface area contributed by atoms with Crippen LogP contribution in [0.2, 0.25) is 0 Å². The molecule has 2 aliphatic carbocycles. The van der Waals surface area contributed by atoms with Gasteiger partial charge in [-0.3, -0.25) is 0 Å². The fourth-order valence-electron chi connectivity index (χ4n) is 6.89. The average molecular weight is 549 g/mol. The lowest BCUT2D eigenvalue weighted by Crippen LogP contribution is -2.36. The van der Waals surface area contributed by atoms with Gasteiger partial charge in [-0.05, 0) is 87.3 Å². The normalized spacial score (nSPS) is 24.6. The van der Waals surface area contributed by atoms with Crippen molar-refractivity contribution < 1.29 is 14.3 Å². The summed E-state index contributed by atoms with van der Waals surface area (Å²) in [7, 11) is 0.